The first kappa shape index (κ1) is 17.3. The molecule has 0 saturated carbocycles. The minimum atomic E-state index is -0.850. The van der Waals surface area contributed by atoms with Crippen LogP contribution < -0.4 is 0 Å². The monoisotopic (exact) mass is 319 g/mol. The van der Waals surface area contributed by atoms with E-state index in [0.717, 1.165) is 5.56 Å². The van der Waals surface area contributed by atoms with Gasteiger partial charge in [-0.05, 0) is 45.6 Å². The first-order chi connectivity index (χ1) is 10.8. The highest BCUT2D eigenvalue weighted by Crippen LogP contribution is 2.26. The highest BCUT2D eigenvalue weighted by molar-refractivity contribution is 5.73. The molecule has 0 aromatic heterocycles. The zero-order valence-electron chi connectivity index (χ0n) is 14.0. The van der Waals surface area contributed by atoms with Crippen molar-refractivity contribution < 1.29 is 19.4 Å². The molecule has 1 aromatic rings. The smallest absolute Gasteiger partial charge is 0.410 e. The summed E-state index contributed by atoms with van der Waals surface area (Å²) in [6, 6.07) is 9.91. The molecule has 2 unspecified atom stereocenters. The van der Waals surface area contributed by atoms with Gasteiger partial charge in [-0.15, -0.1) is 0 Å². The summed E-state index contributed by atoms with van der Waals surface area (Å²) in [6.07, 6.45) is 1.55. The Kier molecular flexibility index (Phi) is 5.29. The van der Waals surface area contributed by atoms with Crippen LogP contribution >= 0.6 is 0 Å². The normalized spacial score (nSPS) is 21.8. The van der Waals surface area contributed by atoms with E-state index in [1.807, 2.05) is 51.1 Å². The number of nitrogens with zero attached hydrogens (tertiary/aromatic N) is 1. The van der Waals surface area contributed by atoms with E-state index in [-0.39, 0.29) is 12.6 Å². The highest BCUT2D eigenvalue weighted by atomic mass is 16.6. The standard InChI is InChI=1S/C18H25NO4/c1-18(2,3)23-17(22)19-12-14(16(20)21)9-10-15(19)11-13-7-5-4-6-8-13/h4-8,14-15H,9-12H2,1-3H3,(H,20,21). The summed E-state index contributed by atoms with van der Waals surface area (Å²) in [6.45, 7) is 5.66. The van der Waals surface area contributed by atoms with Gasteiger partial charge in [-0.1, -0.05) is 30.3 Å². The minimum absolute atomic E-state index is 0.0251. The first-order valence-corrected chi connectivity index (χ1v) is 8.02. The van der Waals surface area contributed by atoms with Gasteiger partial charge in [-0.3, -0.25) is 4.79 Å². The topological polar surface area (TPSA) is 66.8 Å². The van der Waals surface area contributed by atoms with Gasteiger partial charge in [0.15, 0.2) is 0 Å². The largest absolute Gasteiger partial charge is 0.481 e. The number of piperidine rings is 1. The zero-order valence-corrected chi connectivity index (χ0v) is 14.0. The Morgan fingerprint density at radius 1 is 1.22 bits per heavy atom. The third kappa shape index (κ3) is 4.98. The number of hydrogen-bond acceptors (Lipinski definition) is 3. The maximum absolute atomic E-state index is 12.5. The fraction of sp³-hybridized carbons (Fsp3) is 0.556. The van der Waals surface area contributed by atoms with E-state index in [1.54, 1.807) is 4.90 Å². The Balaban J connectivity index is 2.14. The number of rotatable bonds is 3. The van der Waals surface area contributed by atoms with E-state index < -0.39 is 23.6 Å². The molecule has 1 saturated heterocycles. The number of aliphatic carboxylic acids is 1. The number of carbonyl (C=O) groups excluding carboxylic acids is 1. The van der Waals surface area contributed by atoms with E-state index in [4.69, 9.17) is 4.74 Å². The quantitative estimate of drug-likeness (QED) is 0.928. The summed E-state index contributed by atoms with van der Waals surface area (Å²) < 4.78 is 5.47. The summed E-state index contributed by atoms with van der Waals surface area (Å²) >= 11 is 0. The van der Waals surface area contributed by atoms with Crippen LogP contribution in [0.15, 0.2) is 30.3 Å². The third-order valence-corrected chi connectivity index (χ3v) is 4.00. The van der Waals surface area contributed by atoms with Gasteiger partial charge in [0.25, 0.3) is 0 Å². The number of ether oxygens (including phenoxy) is 1. The van der Waals surface area contributed by atoms with Gasteiger partial charge in [0.05, 0.1) is 5.92 Å². The Hall–Kier alpha value is -2.04. The minimum Gasteiger partial charge on any atom is -0.481 e. The molecule has 2 atom stereocenters. The third-order valence-electron chi connectivity index (χ3n) is 4.00. The van der Waals surface area contributed by atoms with Gasteiger partial charge in [-0.2, -0.15) is 0 Å². The van der Waals surface area contributed by atoms with Crippen molar-refractivity contribution in [1.82, 2.24) is 4.90 Å². The number of carboxylic acid groups (broad SMARTS) is 1. The van der Waals surface area contributed by atoms with Crippen molar-refractivity contribution in [1.29, 1.82) is 0 Å². The maximum Gasteiger partial charge on any atom is 0.410 e. The van der Waals surface area contributed by atoms with Crippen molar-refractivity contribution in [3.63, 3.8) is 0 Å². The number of carboxylic acids is 1. The second-order valence-electron chi connectivity index (χ2n) is 7.09. The molecular weight excluding hydrogens is 294 g/mol. The van der Waals surface area contributed by atoms with Crippen LogP contribution in [-0.4, -0.2) is 40.3 Å². The van der Waals surface area contributed by atoms with Crippen molar-refractivity contribution in [2.45, 2.75) is 51.7 Å². The fourth-order valence-corrected chi connectivity index (χ4v) is 2.87. The fourth-order valence-electron chi connectivity index (χ4n) is 2.87. The molecule has 23 heavy (non-hydrogen) atoms. The molecule has 1 amide bonds. The molecule has 1 heterocycles. The number of amides is 1. The predicted molar refractivity (Wildman–Crippen MR) is 87.2 cm³/mol. The van der Waals surface area contributed by atoms with Gasteiger partial charge in [0, 0.05) is 12.6 Å². The van der Waals surface area contributed by atoms with Crippen LogP contribution in [0.2, 0.25) is 0 Å². The number of likely N-dealkylation sites (tertiary alicyclic amines) is 1. The molecule has 1 aliphatic heterocycles. The second kappa shape index (κ2) is 7.02. The Morgan fingerprint density at radius 2 is 1.87 bits per heavy atom. The lowest BCUT2D eigenvalue weighted by Crippen LogP contribution is -2.51. The molecular formula is C18H25NO4. The number of carbonyl (C=O) groups is 2. The Labute approximate surface area is 137 Å². The van der Waals surface area contributed by atoms with Crippen molar-refractivity contribution in [3.05, 3.63) is 35.9 Å². The molecule has 0 spiro atoms. The molecule has 2 rings (SSSR count). The van der Waals surface area contributed by atoms with Gasteiger partial charge in [0.1, 0.15) is 5.60 Å². The molecule has 1 aromatic carbocycles. The maximum atomic E-state index is 12.5. The van der Waals surface area contributed by atoms with E-state index in [1.165, 1.54) is 0 Å². The molecule has 1 N–H and O–H groups in total. The van der Waals surface area contributed by atoms with Gasteiger partial charge >= 0.3 is 12.1 Å². The molecule has 5 heteroatoms. The van der Waals surface area contributed by atoms with Gasteiger partial charge in [-0.25, -0.2) is 4.79 Å². The zero-order chi connectivity index (χ0) is 17.0. The highest BCUT2D eigenvalue weighted by Gasteiger charge is 2.36. The Morgan fingerprint density at radius 3 is 2.43 bits per heavy atom. The van der Waals surface area contributed by atoms with Crippen LogP contribution in [0.4, 0.5) is 4.79 Å². The molecule has 1 fully saturated rings. The number of benzene rings is 1. The van der Waals surface area contributed by atoms with Gasteiger partial charge < -0.3 is 14.7 Å². The van der Waals surface area contributed by atoms with Crippen LogP contribution in [0.1, 0.15) is 39.2 Å². The molecule has 126 valence electrons. The lowest BCUT2D eigenvalue weighted by Gasteiger charge is -2.39. The van der Waals surface area contributed by atoms with Gasteiger partial charge in [0.2, 0.25) is 0 Å². The molecule has 0 radical (unpaired) electrons. The average molecular weight is 319 g/mol. The van der Waals surface area contributed by atoms with E-state index in [2.05, 4.69) is 0 Å². The molecule has 5 nitrogen and oxygen atoms in total. The van der Waals surface area contributed by atoms with Crippen LogP contribution in [0.5, 0.6) is 0 Å². The van der Waals surface area contributed by atoms with Crippen molar-refractivity contribution in [2.24, 2.45) is 5.92 Å². The molecule has 0 bridgehead atoms. The van der Waals surface area contributed by atoms with Crippen LogP contribution in [0.3, 0.4) is 0 Å². The summed E-state index contributed by atoms with van der Waals surface area (Å²) in [5.41, 5.74) is 0.546. The van der Waals surface area contributed by atoms with Crippen LogP contribution in [-0.2, 0) is 16.0 Å². The molecule has 1 aliphatic rings. The average Bonchev–Trinajstić information content (AvgIpc) is 2.46. The summed E-state index contributed by atoms with van der Waals surface area (Å²) in [5.74, 6) is -1.37. The van der Waals surface area contributed by atoms with E-state index in [9.17, 15) is 14.7 Å². The summed E-state index contributed by atoms with van der Waals surface area (Å²) in [5, 5.41) is 9.27. The first-order valence-electron chi connectivity index (χ1n) is 8.02. The van der Waals surface area contributed by atoms with Crippen molar-refractivity contribution in [2.75, 3.05) is 6.54 Å². The lowest BCUT2D eigenvalue weighted by atomic mass is 9.90. The second-order valence-corrected chi connectivity index (χ2v) is 7.09. The summed E-state index contributed by atoms with van der Waals surface area (Å²) in [7, 11) is 0. The predicted octanol–water partition coefficient (Wildman–Crippen LogP) is 3.33. The van der Waals surface area contributed by atoms with Crippen molar-refractivity contribution >= 4 is 12.1 Å². The van der Waals surface area contributed by atoms with E-state index in [0.29, 0.717) is 19.3 Å². The molecule has 0 aliphatic carbocycles. The SMILES string of the molecule is CC(C)(C)OC(=O)N1CC(C(=O)O)CCC1Cc1ccccc1. The summed E-state index contributed by atoms with van der Waals surface area (Å²) in [4.78, 5) is 25.4. The Bertz CT molecular complexity index is 550. The lowest BCUT2D eigenvalue weighted by molar-refractivity contribution is -0.143. The van der Waals surface area contributed by atoms with Crippen LogP contribution in [0.25, 0.3) is 0 Å². The van der Waals surface area contributed by atoms with Crippen LogP contribution in [0, 0.1) is 5.92 Å². The van der Waals surface area contributed by atoms with Crippen molar-refractivity contribution in [3.8, 4) is 0 Å². The van der Waals surface area contributed by atoms with E-state index >= 15 is 0 Å². The number of hydrogen-bond donors (Lipinski definition) is 1.